The third kappa shape index (κ3) is 11.3. The second kappa shape index (κ2) is 13.8. The molecule has 0 aromatic heterocycles. The summed E-state index contributed by atoms with van der Waals surface area (Å²) >= 11 is 0. The van der Waals surface area contributed by atoms with E-state index in [1.165, 1.54) is 32.1 Å². The topological polar surface area (TPSA) is 6.48 Å². The summed E-state index contributed by atoms with van der Waals surface area (Å²) in [5, 5.41) is 0. The van der Waals surface area contributed by atoms with Gasteiger partial charge in [0.2, 0.25) is 0 Å². The van der Waals surface area contributed by atoms with Crippen LogP contribution in [0.4, 0.5) is 13.2 Å². The van der Waals surface area contributed by atoms with Gasteiger partial charge in [0.1, 0.15) is 6.04 Å². The molecule has 2 nitrogen and oxygen atoms in total. The van der Waals surface area contributed by atoms with E-state index in [0.29, 0.717) is 13.1 Å². The number of hydrogen-bond acceptors (Lipinski definition) is 2. The Hall–Kier alpha value is -0.290. The number of alkyl halides is 3. The molecule has 2 aliphatic rings. The minimum absolute atomic E-state index is 0.101. The maximum absolute atomic E-state index is 12.6. The Morgan fingerprint density at radius 3 is 2.00 bits per heavy atom. The van der Waals surface area contributed by atoms with Crippen LogP contribution in [-0.2, 0) is 0 Å². The average molecular weight is 395 g/mol. The Labute approximate surface area is 166 Å². The molecular weight excluding hydrogens is 349 g/mol. The molecule has 0 amide bonds. The van der Waals surface area contributed by atoms with Gasteiger partial charge < -0.3 is 4.90 Å². The highest BCUT2D eigenvalue weighted by molar-refractivity contribution is 4.85. The first kappa shape index (κ1) is 26.7. The van der Waals surface area contributed by atoms with Crippen molar-refractivity contribution in [3.63, 3.8) is 0 Å². The Bertz CT molecular complexity index is 350. The molecule has 1 saturated heterocycles. The van der Waals surface area contributed by atoms with Gasteiger partial charge in [0.25, 0.3) is 0 Å². The summed E-state index contributed by atoms with van der Waals surface area (Å²) in [6.07, 6.45) is 4.11. The fourth-order valence-electron chi connectivity index (χ4n) is 4.05. The molecule has 1 unspecified atom stereocenters. The molecule has 1 heterocycles. The van der Waals surface area contributed by atoms with Crippen molar-refractivity contribution in [1.82, 2.24) is 9.80 Å². The van der Waals surface area contributed by atoms with Gasteiger partial charge in [-0.1, -0.05) is 67.2 Å². The van der Waals surface area contributed by atoms with Crippen LogP contribution < -0.4 is 0 Å². The van der Waals surface area contributed by atoms with Crippen molar-refractivity contribution in [2.24, 2.45) is 17.8 Å². The van der Waals surface area contributed by atoms with Crippen LogP contribution in [0.3, 0.4) is 0 Å². The Morgan fingerprint density at radius 2 is 1.56 bits per heavy atom. The van der Waals surface area contributed by atoms with E-state index in [1.807, 2.05) is 20.8 Å². The third-order valence-electron chi connectivity index (χ3n) is 5.52. The van der Waals surface area contributed by atoms with Crippen LogP contribution in [-0.4, -0.2) is 55.2 Å². The number of halogens is 3. The van der Waals surface area contributed by atoms with Gasteiger partial charge in [0.05, 0.1) is 0 Å². The quantitative estimate of drug-likeness (QED) is 0.540. The van der Waals surface area contributed by atoms with Crippen molar-refractivity contribution >= 4 is 0 Å². The highest BCUT2D eigenvalue weighted by Crippen LogP contribution is 2.32. The minimum Gasteiger partial charge on any atom is -0.303 e. The molecule has 0 N–H and O–H groups in total. The summed E-state index contributed by atoms with van der Waals surface area (Å²) in [7, 11) is 1.74. The number of nitrogens with zero attached hydrogens (tertiary/aromatic N) is 2. The number of rotatable bonds is 4. The summed E-state index contributed by atoms with van der Waals surface area (Å²) in [5.74, 6) is 2.98. The largest absolute Gasteiger partial charge is 0.405 e. The lowest BCUT2D eigenvalue weighted by atomic mass is 9.79. The molecule has 1 saturated carbocycles. The van der Waals surface area contributed by atoms with Crippen molar-refractivity contribution in [3.05, 3.63) is 0 Å². The van der Waals surface area contributed by atoms with E-state index in [4.69, 9.17) is 0 Å². The lowest BCUT2D eigenvalue weighted by Gasteiger charge is -2.40. The lowest BCUT2D eigenvalue weighted by molar-refractivity contribution is -0.195. The summed E-state index contributed by atoms with van der Waals surface area (Å²) < 4.78 is 37.9. The van der Waals surface area contributed by atoms with Crippen molar-refractivity contribution in [2.75, 3.05) is 33.2 Å². The first-order valence-electron chi connectivity index (χ1n) is 11.1. The van der Waals surface area contributed by atoms with E-state index in [0.717, 1.165) is 30.7 Å². The maximum Gasteiger partial charge on any atom is 0.405 e. The smallest absolute Gasteiger partial charge is 0.303 e. The Balaban J connectivity index is 0.000000469. The fraction of sp³-hybridized carbons (Fsp3) is 1.00. The summed E-state index contributed by atoms with van der Waals surface area (Å²) in [6, 6.07) is -1.28. The first-order valence-corrected chi connectivity index (χ1v) is 11.1. The molecule has 0 aromatic carbocycles. The zero-order chi connectivity index (χ0) is 21.0. The number of hydrogen-bond donors (Lipinski definition) is 0. The van der Waals surface area contributed by atoms with Gasteiger partial charge in [0, 0.05) is 19.6 Å². The standard InChI is InChI=1S/C11H22.C9H17F3N2.C2H6/c1-9(2)8-11-6-4-10(3)5-7-11;1-3-4-14-6-5-13(2)7-8(14)9(10,11)12;1-2/h9-11H,4-8H2,1-3H3;8H,3-7H2,1-2H3;1-2H3. The molecule has 0 aromatic rings. The molecule has 164 valence electrons. The van der Waals surface area contributed by atoms with Crippen LogP contribution in [0.2, 0.25) is 0 Å². The van der Waals surface area contributed by atoms with Gasteiger partial charge in [-0.3, -0.25) is 4.90 Å². The highest BCUT2D eigenvalue weighted by atomic mass is 19.4. The molecule has 1 atom stereocenters. The third-order valence-corrected chi connectivity index (χ3v) is 5.52. The summed E-state index contributed by atoms with van der Waals surface area (Å²) in [6.45, 7) is 14.9. The highest BCUT2D eigenvalue weighted by Gasteiger charge is 2.45. The molecule has 0 spiro atoms. The monoisotopic (exact) mass is 394 g/mol. The normalized spacial score (nSPS) is 27.4. The van der Waals surface area contributed by atoms with Gasteiger partial charge in [-0.2, -0.15) is 13.2 Å². The minimum atomic E-state index is -4.09. The van der Waals surface area contributed by atoms with Crippen LogP contribution in [0.15, 0.2) is 0 Å². The predicted octanol–water partition coefficient (Wildman–Crippen LogP) is 6.46. The van der Waals surface area contributed by atoms with E-state index in [2.05, 4.69) is 20.8 Å². The van der Waals surface area contributed by atoms with Crippen molar-refractivity contribution in [1.29, 1.82) is 0 Å². The van der Waals surface area contributed by atoms with Crippen molar-refractivity contribution in [2.45, 2.75) is 92.3 Å². The molecule has 1 aliphatic heterocycles. The number of likely N-dealkylation sites (N-methyl/N-ethyl adjacent to an activating group) is 1. The van der Waals surface area contributed by atoms with Crippen LogP contribution in [0.5, 0.6) is 0 Å². The SMILES string of the molecule is CC.CC(C)CC1CCC(C)CC1.CCCN1CCN(C)CC1C(F)(F)F. The van der Waals surface area contributed by atoms with Gasteiger partial charge >= 0.3 is 6.18 Å². The van der Waals surface area contributed by atoms with E-state index in [9.17, 15) is 13.2 Å². The van der Waals surface area contributed by atoms with Gasteiger partial charge in [0.15, 0.2) is 0 Å². The van der Waals surface area contributed by atoms with Gasteiger partial charge in [-0.05, 0) is 44.2 Å². The van der Waals surface area contributed by atoms with E-state index in [-0.39, 0.29) is 6.54 Å². The molecule has 0 radical (unpaired) electrons. The predicted molar refractivity (Wildman–Crippen MR) is 111 cm³/mol. The zero-order valence-corrected chi connectivity index (χ0v) is 18.9. The van der Waals surface area contributed by atoms with Crippen LogP contribution in [0.1, 0.15) is 80.1 Å². The van der Waals surface area contributed by atoms with Crippen molar-refractivity contribution in [3.8, 4) is 0 Å². The van der Waals surface area contributed by atoms with Crippen LogP contribution >= 0.6 is 0 Å². The number of piperazine rings is 1. The van der Waals surface area contributed by atoms with E-state index >= 15 is 0 Å². The molecule has 5 heteroatoms. The molecule has 2 rings (SSSR count). The van der Waals surface area contributed by atoms with E-state index < -0.39 is 12.2 Å². The zero-order valence-electron chi connectivity index (χ0n) is 18.9. The Kier molecular flexibility index (Phi) is 13.7. The molecule has 27 heavy (non-hydrogen) atoms. The summed E-state index contributed by atoms with van der Waals surface area (Å²) in [4.78, 5) is 3.28. The summed E-state index contributed by atoms with van der Waals surface area (Å²) in [5.41, 5.74) is 0. The molecule has 1 aliphatic carbocycles. The molecular formula is C22H45F3N2. The van der Waals surface area contributed by atoms with Crippen LogP contribution in [0.25, 0.3) is 0 Å². The van der Waals surface area contributed by atoms with E-state index in [1.54, 1.807) is 16.8 Å². The Morgan fingerprint density at radius 1 is 1.00 bits per heavy atom. The first-order chi connectivity index (χ1) is 12.6. The molecule has 0 bridgehead atoms. The average Bonchev–Trinajstić information content (AvgIpc) is 2.60. The molecule has 2 fully saturated rings. The fourth-order valence-corrected chi connectivity index (χ4v) is 4.05. The van der Waals surface area contributed by atoms with Crippen molar-refractivity contribution < 1.29 is 13.2 Å². The van der Waals surface area contributed by atoms with Gasteiger partial charge in [-0.25, -0.2) is 0 Å². The lowest BCUT2D eigenvalue weighted by Crippen LogP contribution is -2.58. The van der Waals surface area contributed by atoms with Gasteiger partial charge in [-0.15, -0.1) is 0 Å². The second-order valence-corrected chi connectivity index (χ2v) is 8.61. The maximum atomic E-state index is 12.6. The van der Waals surface area contributed by atoms with Crippen LogP contribution in [0, 0.1) is 17.8 Å². The second-order valence-electron chi connectivity index (χ2n) is 8.61.